The first-order chi connectivity index (χ1) is 11.9. The van der Waals surface area contributed by atoms with Crippen molar-refractivity contribution in [3.05, 3.63) is 0 Å². The SMILES string of the molecule is CC(C)C1C(C(F)(F)F)OC(=O)N1C(=O)O[C@@H]1C[C@H](C)CC[C@H]1C(C)C. The van der Waals surface area contributed by atoms with E-state index in [-0.39, 0.29) is 11.8 Å². The van der Waals surface area contributed by atoms with Gasteiger partial charge in [-0.15, -0.1) is 0 Å². The fourth-order valence-corrected chi connectivity index (χ4v) is 4.03. The van der Waals surface area contributed by atoms with Crippen molar-refractivity contribution in [3.8, 4) is 0 Å². The van der Waals surface area contributed by atoms with Gasteiger partial charge in [-0.25, -0.2) is 14.5 Å². The van der Waals surface area contributed by atoms with Gasteiger partial charge in [0.05, 0.1) is 6.04 Å². The average Bonchev–Trinajstić information content (AvgIpc) is 2.84. The molecule has 0 aromatic carbocycles. The Hall–Kier alpha value is -1.47. The van der Waals surface area contributed by atoms with E-state index in [0.717, 1.165) is 12.8 Å². The predicted octanol–water partition coefficient (Wildman–Crippen LogP) is 4.99. The van der Waals surface area contributed by atoms with Gasteiger partial charge in [0.25, 0.3) is 0 Å². The molecule has 1 saturated heterocycles. The average molecular weight is 379 g/mol. The van der Waals surface area contributed by atoms with Crippen molar-refractivity contribution in [2.75, 3.05) is 0 Å². The molecular formula is C18H28F3NO4. The monoisotopic (exact) mass is 379 g/mol. The van der Waals surface area contributed by atoms with Gasteiger partial charge in [0.1, 0.15) is 6.10 Å². The number of carbonyl (C=O) groups is 2. The molecule has 0 radical (unpaired) electrons. The minimum atomic E-state index is -4.74. The molecule has 26 heavy (non-hydrogen) atoms. The van der Waals surface area contributed by atoms with Crippen LogP contribution in [0.1, 0.15) is 53.9 Å². The summed E-state index contributed by atoms with van der Waals surface area (Å²) >= 11 is 0. The molecule has 2 fully saturated rings. The van der Waals surface area contributed by atoms with Crippen LogP contribution in [0.3, 0.4) is 0 Å². The fraction of sp³-hybridized carbons (Fsp3) is 0.889. The number of hydrogen-bond donors (Lipinski definition) is 0. The number of carbonyl (C=O) groups excluding carboxylic acids is 2. The molecule has 0 aromatic heterocycles. The van der Waals surface area contributed by atoms with Crippen LogP contribution in [0.4, 0.5) is 22.8 Å². The van der Waals surface area contributed by atoms with Crippen molar-refractivity contribution < 1.29 is 32.2 Å². The van der Waals surface area contributed by atoms with Crippen LogP contribution in [0.5, 0.6) is 0 Å². The van der Waals surface area contributed by atoms with E-state index >= 15 is 0 Å². The maximum atomic E-state index is 13.2. The summed E-state index contributed by atoms with van der Waals surface area (Å²) in [5.74, 6) is 0.142. The molecule has 8 heteroatoms. The Bertz CT molecular complexity index is 535. The van der Waals surface area contributed by atoms with Crippen molar-refractivity contribution in [2.45, 2.75) is 78.3 Å². The van der Waals surface area contributed by atoms with Crippen LogP contribution in [0.2, 0.25) is 0 Å². The summed E-state index contributed by atoms with van der Waals surface area (Å²) < 4.78 is 49.6. The molecule has 0 spiro atoms. The molecule has 150 valence electrons. The van der Waals surface area contributed by atoms with Crippen LogP contribution in [0.25, 0.3) is 0 Å². The van der Waals surface area contributed by atoms with Gasteiger partial charge in [-0.05, 0) is 36.5 Å². The maximum absolute atomic E-state index is 13.2. The normalized spacial score (nSPS) is 32.9. The number of nitrogens with zero attached hydrogens (tertiary/aromatic N) is 1. The quantitative estimate of drug-likeness (QED) is 0.693. The van der Waals surface area contributed by atoms with Gasteiger partial charge in [-0.2, -0.15) is 13.2 Å². The molecule has 2 unspecified atom stereocenters. The summed E-state index contributed by atoms with van der Waals surface area (Å²) in [5, 5.41) is 0. The lowest BCUT2D eigenvalue weighted by Crippen LogP contribution is -2.50. The number of halogens is 3. The highest BCUT2D eigenvalue weighted by molar-refractivity contribution is 5.90. The van der Waals surface area contributed by atoms with Crippen molar-refractivity contribution in [1.29, 1.82) is 0 Å². The second-order valence-corrected chi connectivity index (χ2v) is 8.20. The first kappa shape index (κ1) is 20.8. The smallest absolute Gasteiger partial charge is 0.427 e. The largest absolute Gasteiger partial charge is 0.445 e. The van der Waals surface area contributed by atoms with E-state index in [4.69, 9.17) is 4.74 Å². The van der Waals surface area contributed by atoms with Gasteiger partial charge >= 0.3 is 18.4 Å². The molecule has 5 nitrogen and oxygen atoms in total. The molecule has 2 amide bonds. The number of rotatable bonds is 3. The Kier molecular flexibility index (Phi) is 6.13. The second-order valence-electron chi connectivity index (χ2n) is 8.20. The molecule has 0 aromatic rings. The van der Waals surface area contributed by atoms with Gasteiger partial charge < -0.3 is 9.47 Å². The molecule has 1 aliphatic carbocycles. The maximum Gasteiger partial charge on any atom is 0.427 e. The van der Waals surface area contributed by atoms with Crippen molar-refractivity contribution in [2.24, 2.45) is 23.7 Å². The Morgan fingerprint density at radius 2 is 1.81 bits per heavy atom. The van der Waals surface area contributed by atoms with Crippen LogP contribution in [-0.2, 0) is 9.47 Å². The molecule has 0 bridgehead atoms. The number of ether oxygens (including phenoxy) is 2. The van der Waals surface area contributed by atoms with E-state index in [1.165, 1.54) is 13.8 Å². The van der Waals surface area contributed by atoms with Crippen LogP contribution < -0.4 is 0 Å². The van der Waals surface area contributed by atoms with Crippen molar-refractivity contribution in [3.63, 3.8) is 0 Å². The number of cyclic esters (lactones) is 1. The highest BCUT2D eigenvalue weighted by Crippen LogP contribution is 2.39. The Morgan fingerprint density at radius 1 is 1.19 bits per heavy atom. The van der Waals surface area contributed by atoms with Gasteiger partial charge in [0.2, 0.25) is 6.10 Å². The van der Waals surface area contributed by atoms with E-state index in [0.29, 0.717) is 17.2 Å². The van der Waals surface area contributed by atoms with Gasteiger partial charge in [0, 0.05) is 0 Å². The summed E-state index contributed by atoms with van der Waals surface area (Å²) in [6.45, 7) is 9.15. The minimum Gasteiger partial charge on any atom is -0.445 e. The molecule has 1 aliphatic heterocycles. The third-order valence-corrected chi connectivity index (χ3v) is 5.45. The number of imide groups is 1. The zero-order chi connectivity index (χ0) is 19.8. The van der Waals surface area contributed by atoms with Crippen LogP contribution in [-0.4, -0.2) is 41.5 Å². The lowest BCUT2D eigenvalue weighted by molar-refractivity contribution is -0.203. The molecule has 2 aliphatic rings. The molecular weight excluding hydrogens is 351 g/mol. The topological polar surface area (TPSA) is 55.8 Å². The first-order valence-electron chi connectivity index (χ1n) is 9.20. The lowest BCUT2D eigenvalue weighted by Gasteiger charge is -2.37. The molecule has 1 heterocycles. The Morgan fingerprint density at radius 3 is 2.31 bits per heavy atom. The molecule has 0 N–H and O–H groups in total. The van der Waals surface area contributed by atoms with E-state index in [1.807, 2.05) is 13.8 Å². The Labute approximate surface area is 152 Å². The predicted molar refractivity (Wildman–Crippen MR) is 88.4 cm³/mol. The number of amides is 2. The fourth-order valence-electron chi connectivity index (χ4n) is 4.03. The highest BCUT2D eigenvalue weighted by Gasteiger charge is 2.59. The number of alkyl halides is 3. The summed E-state index contributed by atoms with van der Waals surface area (Å²) in [6, 6.07) is -1.42. The zero-order valence-corrected chi connectivity index (χ0v) is 15.9. The molecule has 1 saturated carbocycles. The molecule has 2 rings (SSSR count). The first-order valence-corrected chi connectivity index (χ1v) is 9.20. The van der Waals surface area contributed by atoms with Gasteiger partial charge in [-0.1, -0.05) is 41.0 Å². The Balaban J connectivity index is 2.19. The lowest BCUT2D eigenvalue weighted by atomic mass is 9.75. The number of hydrogen-bond acceptors (Lipinski definition) is 4. The van der Waals surface area contributed by atoms with E-state index in [2.05, 4.69) is 11.7 Å². The van der Waals surface area contributed by atoms with Crippen molar-refractivity contribution in [1.82, 2.24) is 4.90 Å². The second kappa shape index (κ2) is 7.64. The summed E-state index contributed by atoms with van der Waals surface area (Å²) in [6.07, 6.45) is -7.24. The highest BCUT2D eigenvalue weighted by atomic mass is 19.4. The van der Waals surface area contributed by atoms with Crippen LogP contribution in [0, 0.1) is 23.7 Å². The van der Waals surface area contributed by atoms with Crippen molar-refractivity contribution >= 4 is 12.2 Å². The van der Waals surface area contributed by atoms with Crippen LogP contribution >= 0.6 is 0 Å². The summed E-state index contributed by atoms with van der Waals surface area (Å²) in [4.78, 5) is 25.1. The van der Waals surface area contributed by atoms with E-state index < -0.39 is 42.5 Å². The van der Waals surface area contributed by atoms with Gasteiger partial charge in [-0.3, -0.25) is 0 Å². The van der Waals surface area contributed by atoms with E-state index in [1.54, 1.807) is 0 Å². The minimum absolute atomic E-state index is 0.129. The van der Waals surface area contributed by atoms with Crippen LogP contribution in [0.15, 0.2) is 0 Å². The summed E-state index contributed by atoms with van der Waals surface area (Å²) in [5.41, 5.74) is 0. The van der Waals surface area contributed by atoms with E-state index in [9.17, 15) is 22.8 Å². The zero-order valence-electron chi connectivity index (χ0n) is 15.9. The summed E-state index contributed by atoms with van der Waals surface area (Å²) in [7, 11) is 0. The standard InChI is InChI=1S/C18H28F3NO4/c1-9(2)12-7-6-11(5)8-13(12)25-16(23)22-14(10(3)4)15(18(19,20)21)26-17(22)24/h9-15H,6-8H2,1-5H3/t11-,12+,13-,14?,15?/m1/s1. The third-order valence-electron chi connectivity index (χ3n) is 5.45. The third kappa shape index (κ3) is 4.26. The molecule has 5 atom stereocenters. The van der Waals surface area contributed by atoms with Gasteiger partial charge in [0.15, 0.2) is 0 Å².